The van der Waals surface area contributed by atoms with Gasteiger partial charge in [0.05, 0.1) is 18.2 Å². The highest BCUT2D eigenvalue weighted by Crippen LogP contribution is 2.32. The first kappa shape index (κ1) is 19.8. The van der Waals surface area contributed by atoms with Crippen molar-refractivity contribution in [1.82, 2.24) is 4.90 Å². The van der Waals surface area contributed by atoms with E-state index in [0.29, 0.717) is 34.4 Å². The number of carbonyl (C=O) groups is 2. The van der Waals surface area contributed by atoms with E-state index in [1.165, 1.54) is 11.3 Å². The van der Waals surface area contributed by atoms with E-state index in [-0.39, 0.29) is 11.8 Å². The predicted octanol–water partition coefficient (Wildman–Crippen LogP) is 4.17. The molecule has 6 heteroatoms. The van der Waals surface area contributed by atoms with Crippen LogP contribution in [0.3, 0.4) is 0 Å². The van der Waals surface area contributed by atoms with Gasteiger partial charge in [-0.25, -0.2) is 4.90 Å². The molecule has 0 spiro atoms. The van der Waals surface area contributed by atoms with E-state index in [0.717, 1.165) is 19.5 Å². The Morgan fingerprint density at radius 1 is 1.17 bits per heavy atom. The Morgan fingerprint density at radius 3 is 2.79 bits per heavy atom. The first-order valence-electron chi connectivity index (χ1n) is 10.1. The minimum Gasteiger partial charge on any atom is -0.299 e. The van der Waals surface area contributed by atoms with E-state index in [1.54, 1.807) is 36.5 Å². The number of rotatable bonds is 5. The summed E-state index contributed by atoms with van der Waals surface area (Å²) in [6.45, 7) is 4.96. The summed E-state index contributed by atoms with van der Waals surface area (Å²) in [6, 6.07) is 14.5. The molecule has 2 aliphatic heterocycles. The third-order valence-electron chi connectivity index (χ3n) is 5.76. The predicted molar refractivity (Wildman–Crippen MR) is 116 cm³/mol. The molecular formula is C23H24ClN3O2. The number of imide groups is 1. The topological polar surface area (TPSA) is 53.0 Å². The molecule has 0 radical (unpaired) electrons. The Hall–Kier alpha value is -2.50. The molecule has 2 aromatic rings. The number of nitrogens with zero attached hydrogens (tertiary/aromatic N) is 3. The number of likely N-dealkylation sites (tertiary alicyclic amines) is 1. The van der Waals surface area contributed by atoms with E-state index in [4.69, 9.17) is 11.6 Å². The molecule has 1 fully saturated rings. The largest absolute Gasteiger partial charge is 0.299 e. The number of carbonyl (C=O) groups excluding carboxylic acids is 2. The van der Waals surface area contributed by atoms with Crippen LogP contribution in [0.15, 0.2) is 53.5 Å². The number of hydrogen-bond donors (Lipinski definition) is 0. The van der Waals surface area contributed by atoms with Crippen LogP contribution < -0.4 is 4.90 Å². The summed E-state index contributed by atoms with van der Waals surface area (Å²) in [5.41, 5.74) is 1.72. The number of benzene rings is 2. The monoisotopic (exact) mass is 409 g/mol. The average Bonchev–Trinajstić information content (AvgIpc) is 3.18. The number of likely N-dealkylation sites (N-methyl/N-ethyl adjacent to an activating group) is 1. The highest BCUT2D eigenvalue weighted by atomic mass is 35.5. The molecule has 0 aromatic heterocycles. The molecule has 0 N–H and O–H groups in total. The van der Waals surface area contributed by atoms with Gasteiger partial charge in [0.1, 0.15) is 0 Å². The third-order valence-corrected chi connectivity index (χ3v) is 5.99. The van der Waals surface area contributed by atoms with Crippen LogP contribution in [0, 0.1) is 0 Å². The van der Waals surface area contributed by atoms with Crippen LogP contribution in [0.25, 0.3) is 0 Å². The molecule has 0 bridgehead atoms. The Balaban J connectivity index is 1.65. The summed E-state index contributed by atoms with van der Waals surface area (Å²) >= 11 is 6.10. The first-order valence-corrected chi connectivity index (χ1v) is 10.4. The molecule has 1 unspecified atom stereocenters. The van der Waals surface area contributed by atoms with Crippen LogP contribution in [0.2, 0.25) is 5.02 Å². The van der Waals surface area contributed by atoms with Crippen molar-refractivity contribution in [1.29, 1.82) is 0 Å². The molecule has 0 saturated carbocycles. The van der Waals surface area contributed by atoms with Crippen molar-refractivity contribution < 1.29 is 9.59 Å². The summed E-state index contributed by atoms with van der Waals surface area (Å²) in [5, 5.41) is 0.480. The molecule has 2 amide bonds. The molecule has 5 nitrogen and oxygen atoms in total. The molecule has 150 valence electrons. The summed E-state index contributed by atoms with van der Waals surface area (Å²) < 4.78 is 0. The van der Waals surface area contributed by atoms with Gasteiger partial charge in [-0.1, -0.05) is 42.8 Å². The van der Waals surface area contributed by atoms with E-state index in [1.807, 2.05) is 18.2 Å². The Bertz CT molecular complexity index is 959. The molecule has 2 heterocycles. The van der Waals surface area contributed by atoms with Crippen LogP contribution in [0.4, 0.5) is 5.69 Å². The van der Waals surface area contributed by atoms with Crippen molar-refractivity contribution in [2.24, 2.45) is 4.99 Å². The van der Waals surface area contributed by atoms with Crippen molar-refractivity contribution in [3.63, 3.8) is 0 Å². The lowest BCUT2D eigenvalue weighted by Gasteiger charge is -2.31. The van der Waals surface area contributed by atoms with Crippen LogP contribution in [-0.2, 0) is 4.79 Å². The number of amides is 2. The second kappa shape index (κ2) is 8.47. The summed E-state index contributed by atoms with van der Waals surface area (Å²) in [7, 11) is 0. The zero-order valence-corrected chi connectivity index (χ0v) is 17.2. The molecule has 0 aliphatic carbocycles. The molecule has 1 saturated heterocycles. The maximum absolute atomic E-state index is 13.3. The molecule has 2 aliphatic rings. The Morgan fingerprint density at radius 2 is 2.00 bits per heavy atom. The van der Waals surface area contributed by atoms with Crippen LogP contribution >= 0.6 is 11.6 Å². The zero-order valence-electron chi connectivity index (χ0n) is 16.4. The van der Waals surface area contributed by atoms with E-state index >= 15 is 0 Å². The highest BCUT2D eigenvalue weighted by Gasteiger charge is 2.38. The molecule has 29 heavy (non-hydrogen) atoms. The number of hydrogen-bond acceptors (Lipinski definition) is 4. The minimum atomic E-state index is -0.584. The summed E-state index contributed by atoms with van der Waals surface area (Å²) in [4.78, 5) is 34.7. The van der Waals surface area contributed by atoms with E-state index in [2.05, 4.69) is 16.8 Å². The number of fused-ring (bicyclic) bond motifs is 1. The van der Waals surface area contributed by atoms with Gasteiger partial charge in [-0.05, 0) is 55.8 Å². The molecular weight excluding hydrogens is 386 g/mol. The lowest BCUT2D eigenvalue weighted by atomic mass is 9.89. The lowest BCUT2D eigenvalue weighted by Crippen LogP contribution is -2.45. The van der Waals surface area contributed by atoms with Crippen LogP contribution in [0.1, 0.15) is 41.6 Å². The maximum Gasteiger partial charge on any atom is 0.265 e. The van der Waals surface area contributed by atoms with Crippen molar-refractivity contribution >= 4 is 35.3 Å². The molecule has 2 atom stereocenters. The van der Waals surface area contributed by atoms with Gasteiger partial charge in [-0.15, -0.1) is 0 Å². The fraction of sp³-hybridized carbons (Fsp3) is 0.348. The number of aliphatic imine (C=N–C) groups is 1. The minimum absolute atomic E-state index is 0.293. The average molecular weight is 410 g/mol. The number of halogens is 1. The first-order chi connectivity index (χ1) is 14.1. The van der Waals surface area contributed by atoms with Gasteiger partial charge in [0.15, 0.2) is 0 Å². The van der Waals surface area contributed by atoms with Gasteiger partial charge in [0, 0.05) is 22.8 Å². The third kappa shape index (κ3) is 3.85. The Labute approximate surface area is 176 Å². The van der Waals surface area contributed by atoms with Gasteiger partial charge < -0.3 is 0 Å². The van der Waals surface area contributed by atoms with Gasteiger partial charge in [0.25, 0.3) is 5.91 Å². The van der Waals surface area contributed by atoms with Gasteiger partial charge in [0.2, 0.25) is 5.91 Å². The second-order valence-electron chi connectivity index (χ2n) is 7.46. The van der Waals surface area contributed by atoms with Crippen LogP contribution in [-0.4, -0.2) is 48.6 Å². The van der Waals surface area contributed by atoms with Crippen molar-refractivity contribution in [3.8, 4) is 0 Å². The summed E-state index contributed by atoms with van der Waals surface area (Å²) in [6.07, 6.45) is 4.04. The van der Waals surface area contributed by atoms with Crippen molar-refractivity contribution in [3.05, 3.63) is 64.7 Å². The van der Waals surface area contributed by atoms with E-state index < -0.39 is 5.92 Å². The fourth-order valence-corrected chi connectivity index (χ4v) is 4.45. The smallest absolute Gasteiger partial charge is 0.265 e. The SMILES string of the molecule is CCN1CCC[C@@H]1CN=CC1C(=O)N(c2cccc(Cl)c2)C(=O)c2ccccc21. The quantitative estimate of drug-likeness (QED) is 0.550. The van der Waals surface area contributed by atoms with Crippen molar-refractivity contribution in [2.75, 3.05) is 24.5 Å². The van der Waals surface area contributed by atoms with Crippen LogP contribution in [0.5, 0.6) is 0 Å². The summed E-state index contributed by atoms with van der Waals surface area (Å²) in [5.74, 6) is -1.21. The molecule has 4 rings (SSSR count). The van der Waals surface area contributed by atoms with Gasteiger partial charge in [-0.2, -0.15) is 0 Å². The van der Waals surface area contributed by atoms with E-state index in [9.17, 15) is 9.59 Å². The highest BCUT2D eigenvalue weighted by molar-refractivity contribution is 6.32. The Kier molecular flexibility index (Phi) is 5.79. The molecule has 2 aromatic carbocycles. The maximum atomic E-state index is 13.3. The number of anilines is 1. The standard InChI is InChI=1S/C23H24ClN3O2/c1-2-26-12-6-9-18(26)14-25-15-21-19-10-3-4-11-20(19)22(28)27(23(21)29)17-8-5-7-16(24)13-17/h3-5,7-8,10-11,13,15,18,21H,2,6,9,12,14H2,1H3/t18-,21?/m1/s1. The van der Waals surface area contributed by atoms with Crippen molar-refractivity contribution in [2.45, 2.75) is 31.7 Å². The zero-order chi connectivity index (χ0) is 20.4. The van der Waals surface area contributed by atoms with Gasteiger partial charge >= 0.3 is 0 Å². The lowest BCUT2D eigenvalue weighted by molar-refractivity contribution is -0.118. The van der Waals surface area contributed by atoms with Gasteiger partial charge in [-0.3, -0.25) is 19.5 Å². The second-order valence-corrected chi connectivity index (χ2v) is 7.90. The normalized spacial score (nSPS) is 22.5. The fourth-order valence-electron chi connectivity index (χ4n) is 4.27.